The van der Waals surface area contributed by atoms with Gasteiger partial charge in [-0.05, 0) is 49.7 Å². The van der Waals surface area contributed by atoms with Gasteiger partial charge in [-0.25, -0.2) is 0 Å². The molecule has 0 aromatic heterocycles. The number of piperidine rings is 1. The summed E-state index contributed by atoms with van der Waals surface area (Å²) in [7, 11) is 5.68. The van der Waals surface area contributed by atoms with Gasteiger partial charge >= 0.3 is 0 Å². The summed E-state index contributed by atoms with van der Waals surface area (Å²) in [5.74, 6) is 2.68. The first kappa shape index (κ1) is 13.5. The molecule has 2 bridgehead atoms. The number of likely N-dealkylation sites (N-methyl/N-ethyl adjacent to an activating group) is 1. The summed E-state index contributed by atoms with van der Waals surface area (Å²) < 4.78 is 17.7. The molecule has 2 aliphatic heterocycles. The van der Waals surface area contributed by atoms with Gasteiger partial charge in [-0.3, -0.25) is 4.90 Å². The van der Waals surface area contributed by atoms with Gasteiger partial charge < -0.3 is 14.2 Å². The van der Waals surface area contributed by atoms with E-state index in [-0.39, 0.29) is 11.5 Å². The zero-order valence-electron chi connectivity index (χ0n) is 13.8. The Balaban J connectivity index is 1.84. The molecule has 0 radical (unpaired) electrons. The van der Waals surface area contributed by atoms with Crippen LogP contribution in [0.4, 0.5) is 0 Å². The van der Waals surface area contributed by atoms with Gasteiger partial charge in [-0.2, -0.15) is 0 Å². The van der Waals surface area contributed by atoms with Crippen LogP contribution >= 0.6 is 0 Å². The van der Waals surface area contributed by atoms with E-state index in [2.05, 4.69) is 30.2 Å². The van der Waals surface area contributed by atoms with E-state index in [1.54, 1.807) is 14.2 Å². The fourth-order valence-corrected chi connectivity index (χ4v) is 5.10. The molecular weight excluding hydrogens is 290 g/mol. The average molecular weight is 311 g/mol. The van der Waals surface area contributed by atoms with E-state index in [4.69, 9.17) is 14.2 Å². The van der Waals surface area contributed by atoms with Crippen molar-refractivity contribution in [3.8, 4) is 11.5 Å². The van der Waals surface area contributed by atoms with E-state index in [0.29, 0.717) is 6.04 Å². The fraction of sp³-hybridized carbons (Fsp3) is 0.474. The molecule has 1 spiro atoms. The van der Waals surface area contributed by atoms with Gasteiger partial charge in [0.05, 0.1) is 19.6 Å². The molecule has 1 saturated heterocycles. The monoisotopic (exact) mass is 311 g/mol. The molecule has 2 aliphatic carbocycles. The quantitative estimate of drug-likeness (QED) is 0.839. The van der Waals surface area contributed by atoms with Crippen LogP contribution in [0.1, 0.15) is 17.5 Å². The minimum atomic E-state index is -0.0747. The third-order valence-electron chi connectivity index (χ3n) is 6.16. The van der Waals surface area contributed by atoms with Gasteiger partial charge in [0, 0.05) is 11.6 Å². The van der Waals surface area contributed by atoms with Crippen LogP contribution in [0.25, 0.3) is 0 Å². The number of methoxy groups -OCH3 is 2. The number of allylic oxidation sites excluding steroid dienone is 2. The van der Waals surface area contributed by atoms with Gasteiger partial charge in [-0.1, -0.05) is 12.1 Å². The standard InChI is InChI=1S/C19H21NO3/c1-20-9-8-19-12-5-7-15(22-3)18(19)23-17-14(21-2)6-4-11(16(17)19)10-13(12)20/h4-7,13,18H,8-10H2,1-3H3/t13-,18-,19-/m1/s1. The molecule has 0 amide bonds. The number of ether oxygens (including phenoxy) is 3. The maximum atomic E-state index is 6.46. The number of hydrogen-bond donors (Lipinski definition) is 0. The van der Waals surface area contributed by atoms with Crippen molar-refractivity contribution in [1.29, 1.82) is 0 Å². The Morgan fingerprint density at radius 2 is 2.09 bits per heavy atom. The Labute approximate surface area is 136 Å². The van der Waals surface area contributed by atoms with Crippen LogP contribution in [0.5, 0.6) is 11.5 Å². The van der Waals surface area contributed by atoms with Gasteiger partial charge in [0.2, 0.25) is 0 Å². The molecule has 120 valence electrons. The second-order valence-corrected chi connectivity index (χ2v) is 6.95. The molecular formula is C19H21NO3. The third-order valence-corrected chi connectivity index (χ3v) is 6.16. The summed E-state index contributed by atoms with van der Waals surface area (Å²) in [6, 6.07) is 4.72. The van der Waals surface area contributed by atoms with Crippen LogP contribution in [-0.4, -0.2) is 44.9 Å². The van der Waals surface area contributed by atoms with Crippen LogP contribution in [0.2, 0.25) is 0 Å². The van der Waals surface area contributed by atoms with Gasteiger partial charge in [0.15, 0.2) is 17.6 Å². The molecule has 4 aliphatic rings. The van der Waals surface area contributed by atoms with Crippen molar-refractivity contribution in [2.45, 2.75) is 30.4 Å². The minimum absolute atomic E-state index is 0.0611. The number of rotatable bonds is 2. The SMILES string of the molecule is COC1=CC=C2[C@H]3Cc4ccc(OC)c5c4[C@]2(CCN3C)[C@@H]1O5. The van der Waals surface area contributed by atoms with Crippen LogP contribution in [0.3, 0.4) is 0 Å². The first-order valence-corrected chi connectivity index (χ1v) is 8.24. The number of benzene rings is 1. The molecule has 4 nitrogen and oxygen atoms in total. The Morgan fingerprint density at radius 1 is 1.22 bits per heavy atom. The second-order valence-electron chi connectivity index (χ2n) is 6.95. The van der Waals surface area contributed by atoms with Crippen molar-refractivity contribution in [3.63, 3.8) is 0 Å². The highest BCUT2D eigenvalue weighted by molar-refractivity contribution is 5.67. The molecule has 4 heteroatoms. The van der Waals surface area contributed by atoms with E-state index in [0.717, 1.165) is 36.6 Å². The Kier molecular flexibility index (Phi) is 2.54. The first-order chi connectivity index (χ1) is 11.2. The lowest BCUT2D eigenvalue weighted by Crippen LogP contribution is -2.58. The van der Waals surface area contributed by atoms with Crippen molar-refractivity contribution < 1.29 is 14.2 Å². The lowest BCUT2D eigenvalue weighted by molar-refractivity contribution is 0.0734. The molecule has 0 N–H and O–H groups in total. The zero-order chi connectivity index (χ0) is 15.8. The largest absolute Gasteiger partial charge is 0.497 e. The number of likely N-dealkylation sites (tertiary alicyclic amines) is 1. The molecule has 5 rings (SSSR count). The smallest absolute Gasteiger partial charge is 0.169 e. The second kappa shape index (κ2) is 4.32. The lowest BCUT2D eigenvalue weighted by atomic mass is 9.57. The van der Waals surface area contributed by atoms with Crippen molar-refractivity contribution in [1.82, 2.24) is 4.90 Å². The predicted octanol–water partition coefficient (Wildman–Crippen LogP) is 2.42. The highest BCUT2D eigenvalue weighted by atomic mass is 16.6. The Hall–Kier alpha value is -1.94. The van der Waals surface area contributed by atoms with Crippen LogP contribution in [0, 0.1) is 0 Å². The van der Waals surface area contributed by atoms with E-state index in [9.17, 15) is 0 Å². The van der Waals surface area contributed by atoms with Gasteiger partial charge in [0.25, 0.3) is 0 Å². The van der Waals surface area contributed by atoms with Crippen LogP contribution in [0.15, 0.2) is 35.6 Å². The first-order valence-electron chi connectivity index (χ1n) is 8.24. The van der Waals surface area contributed by atoms with E-state index in [1.165, 1.54) is 16.7 Å². The fourth-order valence-electron chi connectivity index (χ4n) is 5.10. The molecule has 2 heterocycles. The van der Waals surface area contributed by atoms with E-state index in [1.807, 2.05) is 6.07 Å². The highest BCUT2D eigenvalue weighted by Crippen LogP contribution is 2.62. The minimum Gasteiger partial charge on any atom is -0.497 e. The Bertz CT molecular complexity index is 766. The van der Waals surface area contributed by atoms with Gasteiger partial charge in [-0.15, -0.1) is 0 Å². The van der Waals surface area contributed by atoms with Crippen molar-refractivity contribution in [2.24, 2.45) is 0 Å². The van der Waals surface area contributed by atoms with Crippen LogP contribution in [-0.2, 0) is 16.6 Å². The molecule has 0 saturated carbocycles. The van der Waals surface area contributed by atoms with E-state index < -0.39 is 0 Å². The molecule has 1 fully saturated rings. The molecule has 0 unspecified atom stereocenters. The predicted molar refractivity (Wildman–Crippen MR) is 87.0 cm³/mol. The van der Waals surface area contributed by atoms with Crippen molar-refractivity contribution in [2.75, 3.05) is 27.8 Å². The van der Waals surface area contributed by atoms with E-state index >= 15 is 0 Å². The topological polar surface area (TPSA) is 30.9 Å². The van der Waals surface area contributed by atoms with Gasteiger partial charge in [0.1, 0.15) is 5.76 Å². The van der Waals surface area contributed by atoms with Crippen molar-refractivity contribution in [3.05, 3.63) is 46.7 Å². The molecule has 23 heavy (non-hydrogen) atoms. The summed E-state index contributed by atoms with van der Waals surface area (Å²) >= 11 is 0. The number of hydrogen-bond acceptors (Lipinski definition) is 4. The maximum absolute atomic E-state index is 6.46. The van der Waals surface area contributed by atoms with Crippen LogP contribution < -0.4 is 9.47 Å². The summed E-state index contributed by atoms with van der Waals surface area (Å²) in [6.07, 6.45) is 6.41. The maximum Gasteiger partial charge on any atom is 0.169 e. The third kappa shape index (κ3) is 1.41. The summed E-state index contributed by atoms with van der Waals surface area (Å²) in [6.45, 7) is 1.08. The van der Waals surface area contributed by atoms with Crippen molar-refractivity contribution >= 4 is 0 Å². The lowest BCUT2D eigenvalue weighted by Gasteiger charge is -2.52. The summed E-state index contributed by atoms with van der Waals surface area (Å²) in [5.41, 5.74) is 4.15. The average Bonchev–Trinajstić information content (AvgIpc) is 2.92. The zero-order valence-corrected chi connectivity index (χ0v) is 13.8. The molecule has 3 atom stereocenters. The number of nitrogens with zero attached hydrogens (tertiary/aromatic N) is 1. The Morgan fingerprint density at radius 3 is 2.87 bits per heavy atom. The highest BCUT2D eigenvalue weighted by Gasteiger charge is 2.61. The summed E-state index contributed by atoms with van der Waals surface area (Å²) in [4.78, 5) is 2.48. The molecule has 1 aromatic carbocycles. The molecule has 1 aromatic rings. The summed E-state index contributed by atoms with van der Waals surface area (Å²) in [5, 5.41) is 0. The normalized spacial score (nSPS) is 33.3.